The van der Waals surface area contributed by atoms with Crippen LogP contribution in [0, 0.1) is 6.57 Å². The molecule has 0 aliphatic heterocycles. The van der Waals surface area contributed by atoms with Crippen molar-refractivity contribution in [3.05, 3.63) is 106 Å². The van der Waals surface area contributed by atoms with Crippen LogP contribution in [0.3, 0.4) is 0 Å². The van der Waals surface area contributed by atoms with Crippen LogP contribution in [0.2, 0.25) is 0 Å². The lowest BCUT2D eigenvalue weighted by molar-refractivity contribution is 0.0949. The largest absolute Gasteiger partial charge is 0.348 e. The van der Waals surface area contributed by atoms with Gasteiger partial charge in [0, 0.05) is 29.9 Å². The molecule has 3 aromatic rings. The highest BCUT2D eigenvalue weighted by atomic mass is 16.2. The van der Waals surface area contributed by atoms with Crippen LogP contribution >= 0.6 is 0 Å². The van der Waals surface area contributed by atoms with E-state index in [2.05, 4.69) is 40.3 Å². The van der Waals surface area contributed by atoms with Gasteiger partial charge in [0.25, 0.3) is 11.8 Å². The minimum Gasteiger partial charge on any atom is -0.348 e. The lowest BCUT2D eigenvalue weighted by Gasteiger charge is -2.20. The molecule has 0 radical (unpaired) electrons. The molecule has 0 heterocycles. The van der Waals surface area contributed by atoms with Gasteiger partial charge in [-0.05, 0) is 42.4 Å². The van der Waals surface area contributed by atoms with Gasteiger partial charge in [-0.3, -0.25) is 14.5 Å². The van der Waals surface area contributed by atoms with Gasteiger partial charge in [0.05, 0.1) is 6.57 Å². The summed E-state index contributed by atoms with van der Waals surface area (Å²) in [5.41, 5.74) is 4.21. The minimum atomic E-state index is -0.297. The molecule has 2 amide bonds. The standard InChI is InChI=1S/C27H28N4O2/c1-4-31(5-2)19-23-10-7-6-9-22(23)18-29-26(32)21-11-8-12-25(17-21)30-27(33)20-13-15-24(28-3)16-14-20/h6-17H,4-5,18-19H2,1-2H3,(H,29,32)(H,30,33). The molecule has 33 heavy (non-hydrogen) atoms. The second-order valence-corrected chi connectivity index (χ2v) is 7.61. The molecule has 6 heteroatoms. The van der Waals surface area contributed by atoms with Crippen LogP contribution in [0.25, 0.3) is 4.85 Å². The highest BCUT2D eigenvalue weighted by Gasteiger charge is 2.11. The zero-order valence-corrected chi connectivity index (χ0v) is 19.0. The maximum Gasteiger partial charge on any atom is 0.255 e. The SMILES string of the molecule is [C-]#[N+]c1ccc(C(=O)Nc2cccc(C(=O)NCc3ccccc3CN(CC)CC)c2)cc1. The van der Waals surface area contributed by atoms with Crippen LogP contribution in [0.4, 0.5) is 11.4 Å². The summed E-state index contributed by atoms with van der Waals surface area (Å²) in [7, 11) is 0. The zero-order chi connectivity index (χ0) is 23.6. The molecule has 6 nitrogen and oxygen atoms in total. The summed E-state index contributed by atoms with van der Waals surface area (Å²) in [6.07, 6.45) is 0. The third-order valence-corrected chi connectivity index (χ3v) is 5.49. The Bertz CT molecular complexity index is 1150. The van der Waals surface area contributed by atoms with E-state index in [0.717, 1.165) is 25.2 Å². The van der Waals surface area contributed by atoms with Crippen molar-refractivity contribution in [2.24, 2.45) is 0 Å². The molecule has 3 rings (SSSR count). The van der Waals surface area contributed by atoms with Gasteiger partial charge >= 0.3 is 0 Å². The number of nitrogens with zero attached hydrogens (tertiary/aromatic N) is 2. The molecule has 0 aliphatic rings. The molecule has 0 aliphatic carbocycles. The number of carbonyl (C=O) groups is 2. The number of hydrogen-bond donors (Lipinski definition) is 2. The van der Waals surface area contributed by atoms with Gasteiger partial charge in [0.1, 0.15) is 0 Å². The third-order valence-electron chi connectivity index (χ3n) is 5.49. The van der Waals surface area contributed by atoms with Crippen molar-refractivity contribution in [3.63, 3.8) is 0 Å². The second-order valence-electron chi connectivity index (χ2n) is 7.61. The van der Waals surface area contributed by atoms with Crippen molar-refractivity contribution in [2.45, 2.75) is 26.9 Å². The average molecular weight is 441 g/mol. The number of amides is 2. The highest BCUT2D eigenvalue weighted by molar-refractivity contribution is 6.05. The second kappa shape index (κ2) is 11.6. The summed E-state index contributed by atoms with van der Waals surface area (Å²) in [6.45, 7) is 14.5. The van der Waals surface area contributed by atoms with Crippen LogP contribution in [-0.2, 0) is 13.1 Å². The molecule has 0 saturated heterocycles. The normalized spacial score (nSPS) is 10.5. The number of benzene rings is 3. The van der Waals surface area contributed by atoms with Gasteiger partial charge in [0.15, 0.2) is 5.69 Å². The summed E-state index contributed by atoms with van der Waals surface area (Å²) in [5.74, 6) is -0.500. The van der Waals surface area contributed by atoms with E-state index in [1.807, 2.05) is 18.2 Å². The van der Waals surface area contributed by atoms with Crippen LogP contribution in [0.1, 0.15) is 45.7 Å². The van der Waals surface area contributed by atoms with Gasteiger partial charge in [0.2, 0.25) is 0 Å². The first-order valence-corrected chi connectivity index (χ1v) is 11.0. The average Bonchev–Trinajstić information content (AvgIpc) is 2.86. The van der Waals surface area contributed by atoms with Gasteiger partial charge in [-0.2, -0.15) is 0 Å². The first kappa shape index (κ1) is 23.7. The quantitative estimate of drug-likeness (QED) is 0.446. The monoisotopic (exact) mass is 440 g/mol. The van der Waals surface area contributed by atoms with E-state index in [-0.39, 0.29) is 11.8 Å². The lowest BCUT2D eigenvalue weighted by atomic mass is 10.1. The molecular formula is C27H28N4O2. The van der Waals surface area contributed by atoms with Crippen molar-refractivity contribution in [2.75, 3.05) is 18.4 Å². The number of nitrogens with one attached hydrogen (secondary N) is 2. The third kappa shape index (κ3) is 6.52. The van der Waals surface area contributed by atoms with E-state index < -0.39 is 0 Å². The molecule has 0 saturated carbocycles. The van der Waals surface area contributed by atoms with Gasteiger partial charge in [-0.15, -0.1) is 0 Å². The summed E-state index contributed by atoms with van der Waals surface area (Å²) in [5, 5.41) is 5.80. The molecule has 0 atom stereocenters. The predicted molar refractivity (Wildman–Crippen MR) is 131 cm³/mol. The van der Waals surface area contributed by atoms with E-state index in [0.29, 0.717) is 29.0 Å². The van der Waals surface area contributed by atoms with Gasteiger partial charge in [-0.1, -0.05) is 68.4 Å². The van der Waals surface area contributed by atoms with E-state index >= 15 is 0 Å². The molecule has 168 valence electrons. The molecule has 0 spiro atoms. The van der Waals surface area contributed by atoms with Crippen LogP contribution in [-0.4, -0.2) is 29.8 Å². The number of rotatable bonds is 9. The maximum atomic E-state index is 12.8. The molecular weight excluding hydrogens is 412 g/mol. The highest BCUT2D eigenvalue weighted by Crippen LogP contribution is 2.16. The van der Waals surface area contributed by atoms with E-state index in [4.69, 9.17) is 6.57 Å². The van der Waals surface area contributed by atoms with Crippen molar-refractivity contribution < 1.29 is 9.59 Å². The Morgan fingerprint density at radius 1 is 0.848 bits per heavy atom. The van der Waals surface area contributed by atoms with Crippen molar-refractivity contribution >= 4 is 23.2 Å². The summed E-state index contributed by atoms with van der Waals surface area (Å²) in [6, 6.07) is 21.4. The zero-order valence-electron chi connectivity index (χ0n) is 19.0. The Morgan fingerprint density at radius 2 is 1.55 bits per heavy atom. The lowest BCUT2D eigenvalue weighted by Crippen LogP contribution is -2.26. The van der Waals surface area contributed by atoms with Crippen LogP contribution in [0.15, 0.2) is 72.8 Å². The van der Waals surface area contributed by atoms with Crippen molar-refractivity contribution in [1.29, 1.82) is 0 Å². The Kier molecular flexibility index (Phi) is 8.34. The van der Waals surface area contributed by atoms with Crippen molar-refractivity contribution in [1.82, 2.24) is 10.2 Å². The van der Waals surface area contributed by atoms with Gasteiger partial charge in [-0.25, -0.2) is 4.85 Å². The first-order valence-electron chi connectivity index (χ1n) is 11.0. The smallest absolute Gasteiger partial charge is 0.255 e. The van der Waals surface area contributed by atoms with Gasteiger partial charge < -0.3 is 10.6 Å². The number of hydrogen-bond acceptors (Lipinski definition) is 3. The molecule has 2 N–H and O–H groups in total. The Balaban J connectivity index is 1.64. The fraction of sp³-hybridized carbons (Fsp3) is 0.222. The predicted octanol–water partition coefficient (Wildman–Crippen LogP) is 5.26. The molecule has 0 fully saturated rings. The summed E-state index contributed by atoms with van der Waals surface area (Å²) in [4.78, 5) is 30.9. The van der Waals surface area contributed by atoms with Crippen LogP contribution in [0.5, 0.6) is 0 Å². The number of anilines is 1. The molecule has 3 aromatic carbocycles. The Morgan fingerprint density at radius 3 is 2.21 bits per heavy atom. The number of carbonyl (C=O) groups excluding carboxylic acids is 2. The Labute approximate surface area is 195 Å². The molecule has 0 bridgehead atoms. The van der Waals surface area contributed by atoms with E-state index in [1.165, 1.54) is 5.56 Å². The van der Waals surface area contributed by atoms with Crippen LogP contribution < -0.4 is 10.6 Å². The molecule has 0 aromatic heterocycles. The first-order chi connectivity index (χ1) is 16.0. The summed E-state index contributed by atoms with van der Waals surface area (Å²) < 4.78 is 0. The Hall–Kier alpha value is -3.95. The summed E-state index contributed by atoms with van der Waals surface area (Å²) >= 11 is 0. The maximum absolute atomic E-state index is 12.8. The fourth-order valence-electron chi connectivity index (χ4n) is 3.48. The van der Waals surface area contributed by atoms with E-state index in [1.54, 1.807) is 48.5 Å². The molecule has 0 unspecified atom stereocenters. The van der Waals surface area contributed by atoms with Crippen molar-refractivity contribution in [3.8, 4) is 0 Å². The topological polar surface area (TPSA) is 65.8 Å². The fourth-order valence-corrected chi connectivity index (χ4v) is 3.48. The van der Waals surface area contributed by atoms with E-state index in [9.17, 15) is 9.59 Å². The minimum absolute atomic E-state index is 0.204.